The van der Waals surface area contributed by atoms with Crippen LogP contribution in [0.5, 0.6) is 0 Å². The van der Waals surface area contributed by atoms with Crippen molar-refractivity contribution in [3.05, 3.63) is 16.0 Å². The molecule has 0 aliphatic rings. The fraction of sp³-hybridized carbons (Fsp3) is 0.727. The van der Waals surface area contributed by atoms with Gasteiger partial charge in [-0.15, -0.1) is 0 Å². The first-order chi connectivity index (χ1) is 6.91. The predicted octanol–water partition coefficient (Wildman–Crippen LogP) is 1.96. The zero-order chi connectivity index (χ0) is 11.7. The Kier molecular flexibility index (Phi) is 3.27. The van der Waals surface area contributed by atoms with Crippen LogP contribution in [0.4, 0.5) is 5.69 Å². The Morgan fingerprint density at radius 2 is 1.80 bits per heavy atom. The summed E-state index contributed by atoms with van der Waals surface area (Å²) in [7, 11) is 0. The molecule has 1 aromatic rings. The van der Waals surface area contributed by atoms with E-state index in [1.165, 1.54) is 0 Å². The minimum Gasteiger partial charge on any atom is -0.393 e. The molecule has 0 atom stereocenters. The Hall–Kier alpha value is -1.19. The Labute approximate surface area is 90.7 Å². The van der Waals surface area contributed by atoms with Crippen molar-refractivity contribution >= 4 is 5.69 Å². The molecule has 0 spiro atoms. The van der Waals surface area contributed by atoms with Gasteiger partial charge in [0.25, 0.3) is 5.56 Å². The summed E-state index contributed by atoms with van der Waals surface area (Å²) in [5.74, 6) is 0.276. The van der Waals surface area contributed by atoms with Crippen LogP contribution < -0.4 is 11.3 Å². The van der Waals surface area contributed by atoms with Gasteiger partial charge in [-0.25, -0.2) is 4.68 Å². The van der Waals surface area contributed by atoms with Crippen LogP contribution in [0.2, 0.25) is 0 Å². The fourth-order valence-electron chi connectivity index (χ4n) is 2.04. The molecule has 15 heavy (non-hydrogen) atoms. The summed E-state index contributed by atoms with van der Waals surface area (Å²) in [6.45, 7) is 10.9. The number of nitrogen functional groups attached to an aromatic ring is 1. The lowest BCUT2D eigenvalue weighted by Gasteiger charge is -2.17. The molecule has 86 valence electrons. The third-order valence-electron chi connectivity index (χ3n) is 2.59. The van der Waals surface area contributed by atoms with Gasteiger partial charge in [0.15, 0.2) is 0 Å². The molecule has 0 amide bonds. The number of anilines is 1. The van der Waals surface area contributed by atoms with Gasteiger partial charge in [-0.1, -0.05) is 13.8 Å². The van der Waals surface area contributed by atoms with E-state index in [0.717, 1.165) is 12.2 Å². The molecule has 0 aliphatic heterocycles. The normalized spacial score (nSPS) is 11.7. The minimum absolute atomic E-state index is 0.0597. The van der Waals surface area contributed by atoms with Crippen LogP contribution in [0.1, 0.15) is 52.3 Å². The molecule has 2 N–H and O–H groups in total. The second-order valence-corrected chi connectivity index (χ2v) is 4.41. The Morgan fingerprint density at radius 3 is 2.13 bits per heavy atom. The van der Waals surface area contributed by atoms with Crippen molar-refractivity contribution in [3.63, 3.8) is 0 Å². The molecule has 0 radical (unpaired) electrons. The quantitative estimate of drug-likeness (QED) is 0.831. The van der Waals surface area contributed by atoms with Gasteiger partial charge in [-0.3, -0.25) is 9.48 Å². The van der Waals surface area contributed by atoms with E-state index in [1.54, 1.807) is 4.68 Å². The Balaban J connectivity index is 3.54. The number of nitrogens with zero attached hydrogens (tertiary/aromatic N) is 2. The minimum atomic E-state index is -0.0597. The largest absolute Gasteiger partial charge is 0.393 e. The maximum Gasteiger partial charge on any atom is 0.290 e. The first kappa shape index (κ1) is 11.9. The van der Waals surface area contributed by atoms with Crippen molar-refractivity contribution in [2.24, 2.45) is 0 Å². The van der Waals surface area contributed by atoms with Gasteiger partial charge in [0.05, 0.1) is 5.69 Å². The smallest absolute Gasteiger partial charge is 0.290 e. The highest BCUT2D eigenvalue weighted by molar-refractivity contribution is 5.43. The zero-order valence-electron chi connectivity index (χ0n) is 10.2. The molecule has 0 saturated carbocycles. The first-order valence-electron chi connectivity index (χ1n) is 5.52. The van der Waals surface area contributed by atoms with Crippen molar-refractivity contribution in [1.29, 1.82) is 0 Å². The highest BCUT2D eigenvalue weighted by atomic mass is 16.1. The summed E-state index contributed by atoms with van der Waals surface area (Å²) >= 11 is 0. The number of nitrogens with two attached hydrogens (primary N) is 1. The van der Waals surface area contributed by atoms with Crippen molar-refractivity contribution in [2.75, 3.05) is 5.73 Å². The van der Waals surface area contributed by atoms with E-state index in [-0.39, 0.29) is 17.5 Å². The summed E-state index contributed by atoms with van der Waals surface area (Å²) in [4.78, 5) is 11.9. The third-order valence-corrected chi connectivity index (χ3v) is 2.59. The van der Waals surface area contributed by atoms with E-state index in [9.17, 15) is 4.79 Å². The summed E-state index contributed by atoms with van der Waals surface area (Å²) in [6.07, 6.45) is 0. The number of aromatic nitrogens is 2. The molecule has 1 rings (SSSR count). The van der Waals surface area contributed by atoms with Gasteiger partial charge >= 0.3 is 0 Å². The van der Waals surface area contributed by atoms with Crippen LogP contribution in [0.15, 0.2) is 4.79 Å². The van der Waals surface area contributed by atoms with E-state index in [1.807, 2.05) is 25.5 Å². The van der Waals surface area contributed by atoms with Gasteiger partial charge < -0.3 is 5.73 Å². The maximum absolute atomic E-state index is 11.9. The standard InChI is InChI=1S/C11H21N3O/c1-6-13-10(7(2)3)9(12)11(15)14(13)8(4)5/h7-8H,6,12H2,1-5H3. The molecular weight excluding hydrogens is 190 g/mol. The summed E-state index contributed by atoms with van der Waals surface area (Å²) in [5.41, 5.74) is 7.16. The van der Waals surface area contributed by atoms with Crippen molar-refractivity contribution in [1.82, 2.24) is 9.36 Å². The van der Waals surface area contributed by atoms with Crippen molar-refractivity contribution in [3.8, 4) is 0 Å². The Bertz CT molecular complexity index is 399. The molecule has 0 saturated heterocycles. The van der Waals surface area contributed by atoms with Crippen LogP contribution in [0.3, 0.4) is 0 Å². The van der Waals surface area contributed by atoms with Gasteiger partial charge in [0.1, 0.15) is 5.69 Å². The average molecular weight is 211 g/mol. The lowest BCUT2D eigenvalue weighted by atomic mass is 10.1. The molecule has 4 heteroatoms. The lowest BCUT2D eigenvalue weighted by Crippen LogP contribution is -2.25. The maximum atomic E-state index is 11.9. The van der Waals surface area contributed by atoms with Crippen molar-refractivity contribution < 1.29 is 0 Å². The fourth-order valence-corrected chi connectivity index (χ4v) is 2.04. The summed E-state index contributed by atoms with van der Waals surface area (Å²) in [6, 6.07) is 0.146. The molecule has 1 aromatic heterocycles. The molecule has 0 fully saturated rings. The Morgan fingerprint density at radius 1 is 1.27 bits per heavy atom. The molecule has 1 heterocycles. The molecule has 0 aliphatic carbocycles. The SMILES string of the molecule is CCn1c(C(C)C)c(N)c(=O)n1C(C)C. The average Bonchev–Trinajstić information content (AvgIpc) is 2.39. The van der Waals surface area contributed by atoms with Crippen LogP contribution in [0.25, 0.3) is 0 Å². The number of hydrogen-bond donors (Lipinski definition) is 1. The molecule has 4 nitrogen and oxygen atoms in total. The van der Waals surface area contributed by atoms with Gasteiger partial charge in [0.2, 0.25) is 0 Å². The number of rotatable bonds is 3. The van der Waals surface area contributed by atoms with E-state index in [4.69, 9.17) is 5.73 Å². The van der Waals surface area contributed by atoms with Gasteiger partial charge in [-0.05, 0) is 26.7 Å². The molecule has 0 unspecified atom stereocenters. The topological polar surface area (TPSA) is 52.9 Å². The van der Waals surface area contributed by atoms with Crippen LogP contribution in [-0.4, -0.2) is 9.36 Å². The molecule has 0 bridgehead atoms. The second kappa shape index (κ2) is 4.13. The van der Waals surface area contributed by atoms with Crippen LogP contribution in [-0.2, 0) is 6.54 Å². The van der Waals surface area contributed by atoms with E-state index >= 15 is 0 Å². The van der Waals surface area contributed by atoms with Crippen LogP contribution >= 0.6 is 0 Å². The second-order valence-electron chi connectivity index (χ2n) is 4.41. The van der Waals surface area contributed by atoms with E-state index in [2.05, 4.69) is 13.8 Å². The monoisotopic (exact) mass is 211 g/mol. The lowest BCUT2D eigenvalue weighted by molar-refractivity contribution is 0.396. The zero-order valence-corrected chi connectivity index (χ0v) is 10.2. The summed E-state index contributed by atoms with van der Waals surface area (Å²) < 4.78 is 3.73. The van der Waals surface area contributed by atoms with E-state index < -0.39 is 0 Å². The predicted molar refractivity (Wildman–Crippen MR) is 63.3 cm³/mol. The highest BCUT2D eigenvalue weighted by Crippen LogP contribution is 2.21. The highest BCUT2D eigenvalue weighted by Gasteiger charge is 2.20. The summed E-state index contributed by atoms with van der Waals surface area (Å²) in [5, 5.41) is 0. The van der Waals surface area contributed by atoms with Gasteiger partial charge in [0, 0.05) is 12.6 Å². The number of hydrogen-bond acceptors (Lipinski definition) is 2. The van der Waals surface area contributed by atoms with Crippen LogP contribution in [0, 0.1) is 0 Å². The van der Waals surface area contributed by atoms with E-state index in [0.29, 0.717) is 5.69 Å². The molecular formula is C11H21N3O. The van der Waals surface area contributed by atoms with Gasteiger partial charge in [-0.2, -0.15) is 0 Å². The van der Waals surface area contributed by atoms with Crippen molar-refractivity contribution in [2.45, 2.75) is 53.1 Å². The third kappa shape index (κ3) is 1.80. The first-order valence-corrected chi connectivity index (χ1v) is 5.52. The molecule has 0 aromatic carbocycles.